The zero-order valence-corrected chi connectivity index (χ0v) is 19.1. The fourth-order valence-corrected chi connectivity index (χ4v) is 3.37. The summed E-state index contributed by atoms with van der Waals surface area (Å²) < 4.78 is 5.39. The summed E-state index contributed by atoms with van der Waals surface area (Å²) in [5.74, 6) is -0.244. The van der Waals surface area contributed by atoms with Crippen molar-refractivity contribution < 1.29 is 14.3 Å². The molecular formula is C24H22ClN3O3S. The molecule has 0 bridgehead atoms. The van der Waals surface area contributed by atoms with Crippen molar-refractivity contribution in [2.45, 2.75) is 13.3 Å². The third kappa shape index (κ3) is 5.84. The minimum Gasteiger partial charge on any atom is -0.494 e. The van der Waals surface area contributed by atoms with Gasteiger partial charge in [0, 0.05) is 17.3 Å². The lowest BCUT2D eigenvalue weighted by molar-refractivity contribution is 0.0976. The van der Waals surface area contributed by atoms with Gasteiger partial charge in [0.2, 0.25) is 0 Å². The van der Waals surface area contributed by atoms with Gasteiger partial charge in [0.05, 0.1) is 23.4 Å². The molecule has 0 spiro atoms. The SMILES string of the molecule is CCc1ccc(C(=O)NC(=S)Nc2ccc(NC(=O)c3ccccc3Cl)c(OC)c2)cc1. The highest BCUT2D eigenvalue weighted by atomic mass is 35.5. The number of rotatable bonds is 6. The van der Waals surface area contributed by atoms with E-state index < -0.39 is 0 Å². The Morgan fingerprint density at radius 3 is 2.34 bits per heavy atom. The molecule has 0 aliphatic rings. The second kappa shape index (κ2) is 10.7. The van der Waals surface area contributed by atoms with Gasteiger partial charge in [0.1, 0.15) is 5.75 Å². The maximum atomic E-state index is 12.5. The Bertz CT molecular complexity index is 1150. The van der Waals surface area contributed by atoms with Gasteiger partial charge in [-0.25, -0.2) is 0 Å². The van der Waals surface area contributed by atoms with E-state index in [-0.39, 0.29) is 16.9 Å². The zero-order valence-electron chi connectivity index (χ0n) is 17.6. The molecule has 0 saturated carbocycles. The molecule has 3 N–H and O–H groups in total. The maximum absolute atomic E-state index is 12.5. The lowest BCUT2D eigenvalue weighted by atomic mass is 10.1. The number of hydrogen-bond acceptors (Lipinski definition) is 4. The molecule has 0 aliphatic carbocycles. The molecule has 0 fully saturated rings. The number of nitrogens with one attached hydrogen (secondary N) is 3. The van der Waals surface area contributed by atoms with Crippen molar-refractivity contribution >= 4 is 52.1 Å². The molecule has 0 radical (unpaired) electrons. The van der Waals surface area contributed by atoms with E-state index >= 15 is 0 Å². The molecule has 164 valence electrons. The second-order valence-electron chi connectivity index (χ2n) is 6.81. The molecule has 3 aromatic rings. The molecular weight excluding hydrogens is 446 g/mol. The van der Waals surface area contributed by atoms with Crippen LogP contribution < -0.4 is 20.7 Å². The minimum absolute atomic E-state index is 0.143. The summed E-state index contributed by atoms with van der Waals surface area (Å²) in [6, 6.07) is 19.1. The van der Waals surface area contributed by atoms with Gasteiger partial charge in [0.15, 0.2) is 5.11 Å². The number of benzene rings is 3. The summed E-state index contributed by atoms with van der Waals surface area (Å²) >= 11 is 11.3. The lowest BCUT2D eigenvalue weighted by Gasteiger charge is -2.14. The number of anilines is 2. The van der Waals surface area contributed by atoms with Gasteiger partial charge < -0.3 is 15.4 Å². The summed E-state index contributed by atoms with van der Waals surface area (Å²) in [6.45, 7) is 2.05. The first-order valence-electron chi connectivity index (χ1n) is 9.86. The normalized spacial score (nSPS) is 10.2. The average Bonchev–Trinajstić information content (AvgIpc) is 2.80. The van der Waals surface area contributed by atoms with E-state index in [1.54, 1.807) is 54.6 Å². The van der Waals surface area contributed by atoms with Crippen molar-refractivity contribution in [2.75, 3.05) is 17.7 Å². The summed E-state index contributed by atoms with van der Waals surface area (Å²) in [4.78, 5) is 24.9. The van der Waals surface area contributed by atoms with Crippen molar-refractivity contribution in [2.24, 2.45) is 0 Å². The average molecular weight is 468 g/mol. The van der Waals surface area contributed by atoms with E-state index in [9.17, 15) is 9.59 Å². The van der Waals surface area contributed by atoms with Crippen LogP contribution in [0.2, 0.25) is 5.02 Å². The molecule has 32 heavy (non-hydrogen) atoms. The Kier molecular flexibility index (Phi) is 7.81. The highest BCUT2D eigenvalue weighted by molar-refractivity contribution is 7.80. The van der Waals surface area contributed by atoms with Crippen LogP contribution in [0, 0.1) is 0 Å². The molecule has 0 aromatic heterocycles. The Morgan fingerprint density at radius 1 is 0.969 bits per heavy atom. The van der Waals surface area contributed by atoms with Crippen LogP contribution in [0.25, 0.3) is 0 Å². The van der Waals surface area contributed by atoms with Crippen LogP contribution in [-0.2, 0) is 6.42 Å². The molecule has 2 amide bonds. The summed E-state index contributed by atoms with van der Waals surface area (Å²) in [7, 11) is 1.49. The molecule has 6 nitrogen and oxygen atoms in total. The highest BCUT2D eigenvalue weighted by Gasteiger charge is 2.14. The number of amides is 2. The first-order chi connectivity index (χ1) is 15.4. The summed E-state index contributed by atoms with van der Waals surface area (Å²) in [5.41, 5.74) is 3.07. The lowest BCUT2D eigenvalue weighted by Crippen LogP contribution is -2.34. The van der Waals surface area contributed by atoms with Gasteiger partial charge in [-0.05, 0) is 60.6 Å². The van der Waals surface area contributed by atoms with E-state index in [1.165, 1.54) is 7.11 Å². The van der Waals surface area contributed by atoms with Crippen molar-refractivity contribution in [3.63, 3.8) is 0 Å². The molecule has 3 rings (SSSR count). The highest BCUT2D eigenvalue weighted by Crippen LogP contribution is 2.29. The molecule has 0 saturated heterocycles. The standard InChI is InChI=1S/C24H22ClN3O3S/c1-3-15-8-10-16(11-9-15)22(29)28-24(32)26-17-12-13-20(21(14-17)31-2)27-23(30)18-6-4-5-7-19(18)25/h4-14H,3H2,1-2H3,(H,27,30)(H2,26,28,29,32). The van der Waals surface area contributed by atoms with Gasteiger partial charge in [0.25, 0.3) is 11.8 Å². The van der Waals surface area contributed by atoms with Crippen molar-refractivity contribution in [3.8, 4) is 5.75 Å². The number of thiocarbonyl (C=S) groups is 1. The van der Waals surface area contributed by atoms with E-state index in [1.807, 2.05) is 12.1 Å². The quantitative estimate of drug-likeness (QED) is 0.429. The van der Waals surface area contributed by atoms with Crippen LogP contribution in [0.15, 0.2) is 66.7 Å². The second-order valence-corrected chi connectivity index (χ2v) is 7.62. The number of carbonyl (C=O) groups is 2. The monoisotopic (exact) mass is 467 g/mol. The number of halogens is 1. The third-order valence-electron chi connectivity index (χ3n) is 4.68. The van der Waals surface area contributed by atoms with Crippen LogP contribution in [0.5, 0.6) is 5.75 Å². The number of aryl methyl sites for hydroxylation is 1. The number of hydrogen-bond donors (Lipinski definition) is 3. The van der Waals surface area contributed by atoms with Gasteiger partial charge in [-0.1, -0.05) is 42.8 Å². The largest absolute Gasteiger partial charge is 0.494 e. The topological polar surface area (TPSA) is 79.5 Å². The first kappa shape index (κ1) is 23.2. The minimum atomic E-state index is -0.355. The predicted octanol–water partition coefficient (Wildman–Crippen LogP) is 5.29. The molecule has 3 aromatic carbocycles. The molecule has 0 aliphatic heterocycles. The van der Waals surface area contributed by atoms with E-state index in [0.717, 1.165) is 12.0 Å². The van der Waals surface area contributed by atoms with Crippen LogP contribution in [0.4, 0.5) is 11.4 Å². The Labute approximate surface area is 196 Å². The number of carbonyl (C=O) groups excluding carboxylic acids is 2. The molecule has 0 heterocycles. The fourth-order valence-electron chi connectivity index (χ4n) is 2.94. The van der Waals surface area contributed by atoms with Crippen LogP contribution in [-0.4, -0.2) is 24.0 Å². The predicted molar refractivity (Wildman–Crippen MR) is 132 cm³/mol. The summed E-state index contributed by atoms with van der Waals surface area (Å²) in [6.07, 6.45) is 0.901. The van der Waals surface area contributed by atoms with E-state index in [2.05, 4.69) is 22.9 Å². The number of ether oxygens (including phenoxy) is 1. The van der Waals surface area contributed by atoms with Crippen molar-refractivity contribution in [1.82, 2.24) is 5.32 Å². The van der Waals surface area contributed by atoms with Crippen molar-refractivity contribution in [3.05, 3.63) is 88.4 Å². The van der Waals surface area contributed by atoms with Gasteiger partial charge >= 0.3 is 0 Å². The Morgan fingerprint density at radius 2 is 1.69 bits per heavy atom. The Balaban J connectivity index is 1.65. The smallest absolute Gasteiger partial charge is 0.257 e. The third-order valence-corrected chi connectivity index (χ3v) is 5.21. The van der Waals surface area contributed by atoms with Crippen molar-refractivity contribution in [1.29, 1.82) is 0 Å². The van der Waals surface area contributed by atoms with Crippen LogP contribution >= 0.6 is 23.8 Å². The molecule has 0 unspecified atom stereocenters. The summed E-state index contributed by atoms with van der Waals surface area (Å²) in [5, 5.41) is 8.88. The van der Waals surface area contributed by atoms with Gasteiger partial charge in [-0.2, -0.15) is 0 Å². The van der Waals surface area contributed by atoms with Gasteiger partial charge in [-0.3, -0.25) is 14.9 Å². The zero-order chi connectivity index (χ0) is 23.1. The van der Waals surface area contributed by atoms with Crippen LogP contribution in [0.3, 0.4) is 0 Å². The maximum Gasteiger partial charge on any atom is 0.257 e. The van der Waals surface area contributed by atoms with E-state index in [0.29, 0.717) is 33.3 Å². The van der Waals surface area contributed by atoms with E-state index in [4.69, 9.17) is 28.6 Å². The molecule has 8 heteroatoms. The van der Waals surface area contributed by atoms with Gasteiger partial charge in [-0.15, -0.1) is 0 Å². The number of methoxy groups -OCH3 is 1. The molecule has 0 atom stereocenters. The first-order valence-corrected chi connectivity index (χ1v) is 10.6. The fraction of sp³-hybridized carbons (Fsp3) is 0.125. The van der Waals surface area contributed by atoms with Crippen LogP contribution in [0.1, 0.15) is 33.2 Å². The Hall–Kier alpha value is -3.42.